The minimum Gasteiger partial charge on any atom is -0.264 e. The van der Waals surface area contributed by atoms with Crippen molar-refractivity contribution in [2.75, 3.05) is 0 Å². The summed E-state index contributed by atoms with van der Waals surface area (Å²) in [5.41, 5.74) is 2.40. The molecule has 1 aromatic heterocycles. The van der Waals surface area contributed by atoms with Crippen molar-refractivity contribution in [2.45, 2.75) is 0 Å². The van der Waals surface area contributed by atoms with E-state index in [1.807, 2.05) is 18.5 Å². The molecule has 5 rings (SSSR count). The number of aromatic nitrogens is 1. The normalized spacial score (nSPS) is 11.2. The predicted molar refractivity (Wildman–Crippen MR) is 133 cm³/mol. The van der Waals surface area contributed by atoms with Crippen LogP contribution in [0.4, 0.5) is 0 Å². The molecule has 0 radical (unpaired) electrons. The number of benzene rings is 4. The second kappa shape index (κ2) is 8.55. The zero-order valence-electron chi connectivity index (χ0n) is 17.2. The molecule has 0 N–H and O–H groups in total. The van der Waals surface area contributed by atoms with Gasteiger partial charge in [-0.1, -0.05) is 121 Å². The van der Waals surface area contributed by atoms with Gasteiger partial charge >= 0.3 is 0 Å². The maximum Gasteiger partial charge on any atom is 0.180 e. The molecule has 1 heterocycles. The first-order valence-corrected chi connectivity index (χ1v) is 12.6. The van der Waals surface area contributed by atoms with E-state index in [2.05, 4.69) is 126 Å². The summed E-state index contributed by atoms with van der Waals surface area (Å²) in [5.74, 6) is 0. The summed E-state index contributed by atoms with van der Waals surface area (Å²) >= 11 is 0. The van der Waals surface area contributed by atoms with Gasteiger partial charge in [0.15, 0.2) is 8.07 Å². The Kier molecular flexibility index (Phi) is 5.30. The second-order valence-electron chi connectivity index (χ2n) is 7.64. The van der Waals surface area contributed by atoms with Gasteiger partial charge in [0.25, 0.3) is 0 Å². The zero-order valence-corrected chi connectivity index (χ0v) is 18.2. The van der Waals surface area contributed by atoms with E-state index < -0.39 is 8.07 Å². The lowest BCUT2D eigenvalue weighted by atomic mass is 10.1. The lowest BCUT2D eigenvalue weighted by molar-refractivity contribution is 1.33. The molecule has 0 atom stereocenters. The molecular formula is C29H23NSi. The van der Waals surface area contributed by atoms with E-state index in [1.165, 1.54) is 26.3 Å². The highest BCUT2D eigenvalue weighted by Gasteiger charge is 2.42. The molecule has 2 heteroatoms. The lowest BCUT2D eigenvalue weighted by Gasteiger charge is -2.36. The van der Waals surface area contributed by atoms with Gasteiger partial charge in [-0.2, -0.15) is 0 Å². The molecule has 0 aliphatic rings. The fraction of sp³-hybridized carbons (Fsp3) is 0. The van der Waals surface area contributed by atoms with Gasteiger partial charge in [0.05, 0.1) is 0 Å². The molecule has 0 saturated carbocycles. The van der Waals surface area contributed by atoms with E-state index in [0.29, 0.717) is 0 Å². The van der Waals surface area contributed by atoms with Gasteiger partial charge < -0.3 is 0 Å². The predicted octanol–water partition coefficient (Wildman–Crippen LogP) is 4.13. The van der Waals surface area contributed by atoms with E-state index in [9.17, 15) is 0 Å². The van der Waals surface area contributed by atoms with Gasteiger partial charge in [0, 0.05) is 12.4 Å². The number of pyridine rings is 1. The molecule has 5 aromatic rings. The first-order chi connectivity index (χ1) is 15.4. The number of hydrogen-bond acceptors (Lipinski definition) is 1. The molecule has 0 spiro atoms. The molecule has 1 nitrogen and oxygen atoms in total. The van der Waals surface area contributed by atoms with Crippen LogP contribution in [0.15, 0.2) is 140 Å². The maximum atomic E-state index is 4.42. The molecule has 0 fully saturated rings. The van der Waals surface area contributed by atoms with Crippen molar-refractivity contribution in [3.63, 3.8) is 0 Å². The van der Waals surface area contributed by atoms with Crippen LogP contribution in [0.1, 0.15) is 0 Å². The van der Waals surface area contributed by atoms with Crippen LogP contribution < -0.4 is 20.7 Å². The average molecular weight is 414 g/mol. The van der Waals surface area contributed by atoms with Crippen LogP contribution in [-0.2, 0) is 0 Å². The molecule has 31 heavy (non-hydrogen) atoms. The lowest BCUT2D eigenvalue weighted by Crippen LogP contribution is -2.75. The average Bonchev–Trinajstić information content (AvgIpc) is 2.87. The highest BCUT2D eigenvalue weighted by atomic mass is 28.3. The second-order valence-corrected chi connectivity index (χ2v) is 11.4. The Hall–Kier alpha value is -3.75. The fourth-order valence-electron chi connectivity index (χ4n) is 4.61. The molecule has 0 unspecified atom stereocenters. The van der Waals surface area contributed by atoms with Crippen LogP contribution in [0.2, 0.25) is 0 Å². The van der Waals surface area contributed by atoms with E-state index in [1.54, 1.807) is 0 Å². The SMILES string of the molecule is c1ccc([Si](c2ccccc2)(c2ccccc2)c2ccccc2-c2cccnc2)cc1. The van der Waals surface area contributed by atoms with Crippen molar-refractivity contribution in [1.29, 1.82) is 0 Å². The highest BCUT2D eigenvalue weighted by Crippen LogP contribution is 2.20. The van der Waals surface area contributed by atoms with Gasteiger partial charge in [-0.3, -0.25) is 4.98 Å². The van der Waals surface area contributed by atoms with Crippen molar-refractivity contribution in [3.05, 3.63) is 140 Å². The highest BCUT2D eigenvalue weighted by molar-refractivity contribution is 7.20. The summed E-state index contributed by atoms with van der Waals surface area (Å²) in [6.45, 7) is 0. The Balaban J connectivity index is 1.94. The quantitative estimate of drug-likeness (QED) is 0.312. The Labute approximate surface area is 184 Å². The van der Waals surface area contributed by atoms with Crippen molar-refractivity contribution in [3.8, 4) is 11.1 Å². The molecule has 0 bridgehead atoms. The first-order valence-electron chi connectivity index (χ1n) is 10.6. The Bertz CT molecular complexity index is 1160. The molecular weight excluding hydrogens is 390 g/mol. The van der Waals surface area contributed by atoms with Crippen molar-refractivity contribution in [2.24, 2.45) is 0 Å². The van der Waals surface area contributed by atoms with E-state index in [0.717, 1.165) is 5.56 Å². The van der Waals surface area contributed by atoms with Crippen LogP contribution in [0.3, 0.4) is 0 Å². The van der Waals surface area contributed by atoms with E-state index in [-0.39, 0.29) is 0 Å². The number of hydrogen-bond donors (Lipinski definition) is 0. The minimum absolute atomic E-state index is 1.15. The van der Waals surface area contributed by atoms with Crippen LogP contribution in [0.5, 0.6) is 0 Å². The Morgan fingerprint density at radius 1 is 0.452 bits per heavy atom. The van der Waals surface area contributed by atoms with Gasteiger partial charge in [-0.05, 0) is 37.9 Å². The van der Waals surface area contributed by atoms with Gasteiger partial charge in [0.2, 0.25) is 0 Å². The minimum atomic E-state index is -2.56. The van der Waals surface area contributed by atoms with Crippen LogP contribution in [0, 0.1) is 0 Å². The standard InChI is InChI=1S/C29H23NSi/c1-4-14-25(15-5-1)31(26-16-6-2-7-17-26,27-18-8-3-9-19-27)29-21-11-10-20-28(29)24-13-12-22-30-23-24/h1-23H. The summed E-state index contributed by atoms with van der Waals surface area (Å²) in [6, 6.07) is 46.1. The third kappa shape index (κ3) is 3.41. The topological polar surface area (TPSA) is 12.9 Å². The third-order valence-corrected chi connectivity index (χ3v) is 10.8. The largest absolute Gasteiger partial charge is 0.264 e. The van der Waals surface area contributed by atoms with E-state index >= 15 is 0 Å². The van der Waals surface area contributed by atoms with Gasteiger partial charge in [-0.25, -0.2) is 0 Å². The van der Waals surface area contributed by atoms with Gasteiger partial charge in [-0.15, -0.1) is 0 Å². The zero-order chi connectivity index (χ0) is 20.9. The summed E-state index contributed by atoms with van der Waals surface area (Å²) in [7, 11) is -2.56. The molecule has 0 saturated heterocycles. The molecule has 0 aliphatic carbocycles. The van der Waals surface area contributed by atoms with Crippen LogP contribution in [-0.4, -0.2) is 13.1 Å². The van der Waals surface area contributed by atoms with Crippen molar-refractivity contribution >= 4 is 28.8 Å². The fourth-order valence-corrected chi connectivity index (χ4v) is 9.60. The molecule has 148 valence electrons. The van der Waals surface area contributed by atoms with Crippen molar-refractivity contribution < 1.29 is 0 Å². The van der Waals surface area contributed by atoms with Gasteiger partial charge in [0.1, 0.15) is 0 Å². The number of rotatable bonds is 5. The summed E-state index contributed by atoms with van der Waals surface area (Å²) in [4.78, 5) is 4.42. The third-order valence-electron chi connectivity index (χ3n) is 5.92. The van der Waals surface area contributed by atoms with Crippen molar-refractivity contribution in [1.82, 2.24) is 4.98 Å². The Morgan fingerprint density at radius 3 is 1.42 bits per heavy atom. The number of nitrogens with zero attached hydrogens (tertiary/aromatic N) is 1. The molecule has 4 aromatic carbocycles. The smallest absolute Gasteiger partial charge is 0.180 e. The summed E-state index contributed by atoms with van der Waals surface area (Å²) in [6.07, 6.45) is 3.81. The Morgan fingerprint density at radius 2 is 0.935 bits per heavy atom. The van der Waals surface area contributed by atoms with Crippen LogP contribution >= 0.6 is 0 Å². The van der Waals surface area contributed by atoms with Crippen LogP contribution in [0.25, 0.3) is 11.1 Å². The first kappa shape index (κ1) is 19.2. The summed E-state index contributed by atoms with van der Waals surface area (Å²) < 4.78 is 0. The maximum absolute atomic E-state index is 4.42. The monoisotopic (exact) mass is 413 g/mol. The van der Waals surface area contributed by atoms with E-state index in [4.69, 9.17) is 0 Å². The summed E-state index contributed by atoms with van der Waals surface area (Å²) in [5, 5.41) is 5.52. The molecule has 0 aliphatic heterocycles. The molecule has 0 amide bonds.